The number of nitro benzene ring substituents is 1. The molecule has 0 saturated carbocycles. The van der Waals surface area contributed by atoms with Crippen molar-refractivity contribution in [3.8, 4) is 0 Å². The van der Waals surface area contributed by atoms with Gasteiger partial charge in [0, 0.05) is 19.1 Å². The molecule has 0 fully saturated rings. The van der Waals surface area contributed by atoms with Crippen LogP contribution in [0.25, 0.3) is 0 Å². The summed E-state index contributed by atoms with van der Waals surface area (Å²) in [6.45, 7) is 3.04. The number of esters is 1. The van der Waals surface area contributed by atoms with Gasteiger partial charge in [-0.3, -0.25) is 19.7 Å². The third kappa shape index (κ3) is 4.96. The number of sulfone groups is 1. The fraction of sp³-hybridized carbons (Fsp3) is 0.263. The summed E-state index contributed by atoms with van der Waals surface area (Å²) < 4.78 is 31.2. The lowest BCUT2D eigenvalue weighted by molar-refractivity contribution is -0.384. The lowest BCUT2D eigenvalue weighted by atomic mass is 10.0. The zero-order chi connectivity index (χ0) is 21.8. The van der Waals surface area contributed by atoms with Crippen LogP contribution in [0.5, 0.6) is 0 Å². The van der Waals surface area contributed by atoms with E-state index in [4.69, 9.17) is 4.74 Å². The van der Waals surface area contributed by atoms with E-state index in [1.165, 1.54) is 6.92 Å². The first-order valence-electron chi connectivity index (χ1n) is 8.47. The van der Waals surface area contributed by atoms with Crippen LogP contribution in [0.4, 0.5) is 5.69 Å². The van der Waals surface area contributed by atoms with Gasteiger partial charge in [-0.1, -0.05) is 29.8 Å². The Balaban J connectivity index is 2.61. The number of aryl methyl sites for hydroxylation is 1. The summed E-state index contributed by atoms with van der Waals surface area (Å²) in [5.74, 6) is -1.61. The van der Waals surface area contributed by atoms with E-state index in [0.29, 0.717) is 5.56 Å². The molecule has 0 aliphatic rings. The quantitative estimate of drug-likeness (QED) is 0.412. The van der Waals surface area contributed by atoms with Gasteiger partial charge in [0.25, 0.3) is 5.69 Å². The lowest BCUT2D eigenvalue weighted by Crippen LogP contribution is -2.44. The molecule has 1 unspecified atom stereocenters. The van der Waals surface area contributed by atoms with Crippen molar-refractivity contribution < 1.29 is 27.7 Å². The van der Waals surface area contributed by atoms with Crippen LogP contribution in [0.3, 0.4) is 0 Å². The van der Waals surface area contributed by atoms with E-state index in [2.05, 4.69) is 5.32 Å². The molecule has 0 saturated heterocycles. The number of carbonyl (C=O) groups excluding carboxylic acids is 2. The minimum atomic E-state index is -4.37. The largest absolute Gasteiger partial charge is 0.468 e. The molecule has 0 aliphatic heterocycles. The molecule has 2 atom stereocenters. The minimum Gasteiger partial charge on any atom is -0.468 e. The van der Waals surface area contributed by atoms with Crippen LogP contribution in [0, 0.1) is 17.0 Å². The van der Waals surface area contributed by atoms with Crippen LogP contribution in [0.1, 0.15) is 24.1 Å². The first-order chi connectivity index (χ1) is 13.6. The van der Waals surface area contributed by atoms with Gasteiger partial charge in [-0.15, -0.1) is 0 Å². The average molecular weight is 420 g/mol. The molecule has 9 nitrogen and oxygen atoms in total. The zero-order valence-corrected chi connectivity index (χ0v) is 16.8. The third-order valence-corrected chi connectivity index (χ3v) is 6.30. The smallest absolute Gasteiger partial charge is 0.326 e. The SMILES string of the molecule is COC(=O)C([C@H](NC(C)=O)c1ccc(C)cc1)S(=O)(=O)c1ccc([N+](=O)[O-])cc1. The molecule has 10 heteroatoms. The number of methoxy groups -OCH3 is 1. The fourth-order valence-corrected chi connectivity index (χ4v) is 4.53. The Labute approximate surface area is 167 Å². The van der Waals surface area contributed by atoms with Crippen LogP contribution in [0.2, 0.25) is 0 Å². The first-order valence-corrected chi connectivity index (χ1v) is 10.0. The monoisotopic (exact) mass is 420 g/mol. The summed E-state index contributed by atoms with van der Waals surface area (Å²) in [5.41, 5.74) is 1.00. The minimum absolute atomic E-state index is 0.296. The second kappa shape index (κ2) is 8.82. The Kier molecular flexibility index (Phi) is 6.70. The van der Waals surface area contributed by atoms with Gasteiger partial charge in [0.2, 0.25) is 5.91 Å². The van der Waals surface area contributed by atoms with Crippen molar-refractivity contribution in [2.45, 2.75) is 30.0 Å². The Morgan fingerprint density at radius 2 is 1.62 bits per heavy atom. The van der Waals surface area contributed by atoms with Crippen molar-refractivity contribution in [2.75, 3.05) is 7.11 Å². The van der Waals surface area contributed by atoms with E-state index in [9.17, 15) is 28.1 Å². The second-order valence-corrected chi connectivity index (χ2v) is 8.40. The maximum absolute atomic E-state index is 13.3. The van der Waals surface area contributed by atoms with E-state index >= 15 is 0 Å². The molecule has 2 aromatic carbocycles. The number of non-ortho nitro benzene ring substituents is 1. The van der Waals surface area contributed by atoms with Crippen molar-refractivity contribution in [3.63, 3.8) is 0 Å². The van der Waals surface area contributed by atoms with Crippen LogP contribution in [0.15, 0.2) is 53.4 Å². The maximum Gasteiger partial charge on any atom is 0.326 e. The van der Waals surface area contributed by atoms with E-state index in [-0.39, 0.29) is 10.6 Å². The summed E-state index contributed by atoms with van der Waals surface area (Å²) in [4.78, 5) is 34.1. The molecule has 1 amide bonds. The number of hydrogen-bond acceptors (Lipinski definition) is 7. The van der Waals surface area contributed by atoms with Crippen molar-refractivity contribution >= 4 is 27.4 Å². The normalized spacial score (nSPS) is 13.2. The number of nitrogens with zero attached hydrogens (tertiary/aromatic N) is 1. The molecule has 0 aliphatic carbocycles. The average Bonchev–Trinajstić information content (AvgIpc) is 2.67. The maximum atomic E-state index is 13.3. The highest BCUT2D eigenvalue weighted by Crippen LogP contribution is 2.29. The Bertz CT molecular complexity index is 1020. The number of benzene rings is 2. The first kappa shape index (κ1) is 22.0. The van der Waals surface area contributed by atoms with Gasteiger partial charge in [-0.25, -0.2) is 8.42 Å². The molecule has 0 spiro atoms. The highest BCUT2D eigenvalue weighted by Gasteiger charge is 2.43. The third-order valence-electron chi connectivity index (χ3n) is 4.24. The lowest BCUT2D eigenvalue weighted by Gasteiger charge is -2.26. The molecule has 0 bridgehead atoms. The van der Waals surface area contributed by atoms with Gasteiger partial charge in [-0.2, -0.15) is 0 Å². The van der Waals surface area contributed by atoms with Gasteiger partial charge < -0.3 is 10.1 Å². The van der Waals surface area contributed by atoms with Gasteiger partial charge >= 0.3 is 5.97 Å². The van der Waals surface area contributed by atoms with Crippen molar-refractivity contribution in [1.82, 2.24) is 5.32 Å². The number of amides is 1. The van der Waals surface area contributed by atoms with Crippen LogP contribution < -0.4 is 5.32 Å². The van der Waals surface area contributed by atoms with E-state index < -0.39 is 37.9 Å². The molecule has 0 radical (unpaired) electrons. The Morgan fingerprint density at radius 1 is 1.07 bits per heavy atom. The molecule has 2 aromatic rings. The van der Waals surface area contributed by atoms with Crippen molar-refractivity contribution in [2.24, 2.45) is 0 Å². The van der Waals surface area contributed by atoms with Crippen molar-refractivity contribution in [1.29, 1.82) is 0 Å². The zero-order valence-electron chi connectivity index (χ0n) is 16.0. The molecule has 154 valence electrons. The van der Waals surface area contributed by atoms with Crippen LogP contribution in [-0.4, -0.2) is 37.6 Å². The van der Waals surface area contributed by atoms with Crippen LogP contribution >= 0.6 is 0 Å². The highest BCUT2D eigenvalue weighted by atomic mass is 32.2. The van der Waals surface area contributed by atoms with E-state index in [1.807, 2.05) is 6.92 Å². The van der Waals surface area contributed by atoms with Gasteiger partial charge in [0.15, 0.2) is 15.1 Å². The second-order valence-electron chi connectivity index (χ2n) is 6.33. The number of carbonyl (C=O) groups is 2. The molecule has 2 rings (SSSR count). The molecule has 0 aromatic heterocycles. The summed E-state index contributed by atoms with van der Waals surface area (Å²) in [6.07, 6.45) is 0. The summed E-state index contributed by atoms with van der Waals surface area (Å²) in [5, 5.41) is 11.5. The van der Waals surface area contributed by atoms with Crippen LogP contribution in [-0.2, 0) is 24.2 Å². The molecule has 0 heterocycles. The summed E-state index contributed by atoms with van der Waals surface area (Å²) in [7, 11) is -3.33. The Morgan fingerprint density at radius 3 is 2.07 bits per heavy atom. The number of nitrogens with one attached hydrogen (secondary N) is 1. The standard InChI is InChI=1S/C19H20N2O7S/c1-12-4-6-14(7-5-12)17(20-13(2)22)18(19(23)28-3)29(26,27)16-10-8-15(9-11-16)21(24)25/h4-11,17-18H,1-3H3,(H,20,22)/t17-,18?/m1/s1. The molecular weight excluding hydrogens is 400 g/mol. The molecule has 1 N–H and O–H groups in total. The predicted octanol–water partition coefficient (Wildman–Crippen LogP) is 2.10. The highest BCUT2D eigenvalue weighted by molar-refractivity contribution is 7.92. The topological polar surface area (TPSA) is 133 Å². The van der Waals surface area contributed by atoms with E-state index in [0.717, 1.165) is 36.9 Å². The summed E-state index contributed by atoms with van der Waals surface area (Å²) in [6, 6.07) is 9.58. The van der Waals surface area contributed by atoms with Gasteiger partial charge in [-0.05, 0) is 24.6 Å². The van der Waals surface area contributed by atoms with Gasteiger partial charge in [0.05, 0.1) is 23.0 Å². The van der Waals surface area contributed by atoms with Gasteiger partial charge in [0.1, 0.15) is 0 Å². The predicted molar refractivity (Wildman–Crippen MR) is 104 cm³/mol. The summed E-state index contributed by atoms with van der Waals surface area (Å²) >= 11 is 0. The molecule has 29 heavy (non-hydrogen) atoms. The number of rotatable bonds is 7. The fourth-order valence-electron chi connectivity index (χ4n) is 2.79. The molecular formula is C19H20N2O7S. The Hall–Kier alpha value is -3.27. The van der Waals surface area contributed by atoms with Crippen molar-refractivity contribution in [3.05, 3.63) is 69.8 Å². The number of ether oxygens (including phenoxy) is 1. The number of nitro groups is 1. The van der Waals surface area contributed by atoms with E-state index in [1.54, 1.807) is 24.3 Å². The number of hydrogen-bond donors (Lipinski definition) is 1.